The first-order chi connectivity index (χ1) is 13.1. The van der Waals surface area contributed by atoms with Crippen LogP contribution in [0.15, 0.2) is 48.5 Å². The summed E-state index contributed by atoms with van der Waals surface area (Å²) in [4.78, 5) is 24.6. The van der Waals surface area contributed by atoms with Gasteiger partial charge in [-0.2, -0.15) is 0 Å². The largest absolute Gasteiger partial charge is 0.484 e. The van der Waals surface area contributed by atoms with Gasteiger partial charge in [0.2, 0.25) is 5.91 Å². The predicted octanol–water partition coefficient (Wildman–Crippen LogP) is 2.36. The van der Waals surface area contributed by atoms with Crippen LogP contribution in [0.2, 0.25) is 0 Å². The monoisotopic (exact) mass is 367 g/mol. The Hall–Kier alpha value is -2.86. The molecule has 1 aliphatic rings. The molecule has 1 aliphatic heterocycles. The van der Waals surface area contributed by atoms with Crippen LogP contribution in [-0.4, -0.2) is 25.0 Å². The Balaban J connectivity index is 1.46. The van der Waals surface area contributed by atoms with Crippen LogP contribution in [0.3, 0.4) is 0 Å². The summed E-state index contributed by atoms with van der Waals surface area (Å²) in [5, 5.41) is 3.40. The minimum absolute atomic E-state index is 0.114. The van der Waals surface area contributed by atoms with Gasteiger partial charge in [-0.15, -0.1) is 0 Å². The Morgan fingerprint density at radius 1 is 1.00 bits per heavy atom. The summed E-state index contributed by atoms with van der Waals surface area (Å²) in [6, 6.07) is 15.7. The molecule has 0 unspecified atom stereocenters. The number of piperidine rings is 1. The second kappa shape index (κ2) is 9.19. The molecule has 1 heterocycles. The van der Waals surface area contributed by atoms with Crippen LogP contribution in [-0.2, 0) is 22.7 Å². The minimum atomic E-state index is -0.489. The van der Waals surface area contributed by atoms with Gasteiger partial charge in [-0.25, -0.2) is 0 Å². The number of amides is 2. The average Bonchev–Trinajstić information content (AvgIpc) is 2.68. The Bertz CT molecular complexity index is 772. The molecule has 0 saturated carbocycles. The summed E-state index contributed by atoms with van der Waals surface area (Å²) in [5.41, 5.74) is 8.33. The average molecular weight is 367 g/mol. The quantitative estimate of drug-likeness (QED) is 0.750. The number of primary amides is 1. The van der Waals surface area contributed by atoms with Gasteiger partial charge in [-0.05, 0) is 48.2 Å². The van der Waals surface area contributed by atoms with Crippen molar-refractivity contribution in [2.45, 2.75) is 32.4 Å². The fourth-order valence-electron chi connectivity index (χ4n) is 3.08. The number of hydrogen-bond donors (Lipinski definition) is 2. The van der Waals surface area contributed by atoms with E-state index in [4.69, 9.17) is 10.5 Å². The Morgan fingerprint density at radius 2 is 1.63 bits per heavy atom. The number of ether oxygens (including phenoxy) is 1. The SMILES string of the molecule is NC(=O)COc1ccc(CNCc2ccc(N3CCCCC3=O)cc2)cc1. The maximum atomic E-state index is 12.0. The lowest BCUT2D eigenvalue weighted by Crippen LogP contribution is -2.35. The maximum absolute atomic E-state index is 12.0. The predicted molar refractivity (Wildman–Crippen MR) is 104 cm³/mol. The van der Waals surface area contributed by atoms with E-state index in [9.17, 15) is 9.59 Å². The number of anilines is 1. The molecule has 0 bridgehead atoms. The van der Waals surface area contributed by atoms with Gasteiger partial charge in [0, 0.05) is 31.7 Å². The van der Waals surface area contributed by atoms with Crippen molar-refractivity contribution in [3.05, 3.63) is 59.7 Å². The number of benzene rings is 2. The van der Waals surface area contributed by atoms with Crippen molar-refractivity contribution in [3.63, 3.8) is 0 Å². The van der Waals surface area contributed by atoms with E-state index in [-0.39, 0.29) is 12.5 Å². The highest BCUT2D eigenvalue weighted by Crippen LogP contribution is 2.21. The molecule has 0 radical (unpaired) electrons. The third kappa shape index (κ3) is 5.56. The molecule has 0 aliphatic carbocycles. The van der Waals surface area contributed by atoms with Crippen molar-refractivity contribution in [1.29, 1.82) is 0 Å². The normalized spacial score (nSPS) is 14.2. The number of nitrogens with zero attached hydrogens (tertiary/aromatic N) is 1. The fraction of sp³-hybridized carbons (Fsp3) is 0.333. The standard InChI is InChI=1S/C21H25N3O3/c22-20(25)15-27-19-10-6-17(7-11-19)14-23-13-16-4-8-18(9-5-16)24-12-2-1-3-21(24)26/h4-11,23H,1-3,12-15H2,(H2,22,25). The molecule has 6 heteroatoms. The molecule has 3 N–H and O–H groups in total. The molecular weight excluding hydrogens is 342 g/mol. The first kappa shape index (κ1) is 18.9. The third-order valence-electron chi connectivity index (χ3n) is 4.53. The van der Waals surface area contributed by atoms with E-state index in [0.717, 1.165) is 43.7 Å². The summed E-state index contributed by atoms with van der Waals surface area (Å²) in [6.07, 6.45) is 2.71. The van der Waals surface area contributed by atoms with Crippen LogP contribution in [0.5, 0.6) is 5.75 Å². The molecule has 1 fully saturated rings. The van der Waals surface area contributed by atoms with Crippen LogP contribution in [0.1, 0.15) is 30.4 Å². The van der Waals surface area contributed by atoms with E-state index in [1.807, 2.05) is 41.3 Å². The highest BCUT2D eigenvalue weighted by molar-refractivity contribution is 5.93. The Labute approximate surface area is 159 Å². The zero-order chi connectivity index (χ0) is 19.1. The second-order valence-corrected chi connectivity index (χ2v) is 6.67. The van der Waals surface area contributed by atoms with Crippen LogP contribution in [0.4, 0.5) is 5.69 Å². The van der Waals surface area contributed by atoms with E-state index >= 15 is 0 Å². The number of rotatable bonds is 8. The molecule has 0 aromatic heterocycles. The molecule has 2 aromatic carbocycles. The summed E-state index contributed by atoms with van der Waals surface area (Å²) in [6.45, 7) is 2.17. The molecule has 1 saturated heterocycles. The summed E-state index contributed by atoms with van der Waals surface area (Å²) < 4.78 is 5.24. The van der Waals surface area contributed by atoms with E-state index in [1.54, 1.807) is 0 Å². The number of hydrogen-bond acceptors (Lipinski definition) is 4. The number of nitrogens with two attached hydrogens (primary N) is 1. The van der Waals surface area contributed by atoms with Crippen molar-refractivity contribution in [2.24, 2.45) is 5.73 Å². The molecule has 0 atom stereocenters. The highest BCUT2D eigenvalue weighted by atomic mass is 16.5. The summed E-state index contributed by atoms with van der Waals surface area (Å²) >= 11 is 0. The first-order valence-corrected chi connectivity index (χ1v) is 9.22. The third-order valence-corrected chi connectivity index (χ3v) is 4.53. The fourth-order valence-corrected chi connectivity index (χ4v) is 3.08. The molecule has 3 rings (SSSR count). The van der Waals surface area contributed by atoms with Gasteiger partial charge in [0.1, 0.15) is 5.75 Å². The van der Waals surface area contributed by atoms with Gasteiger partial charge < -0.3 is 20.7 Å². The van der Waals surface area contributed by atoms with E-state index in [1.165, 1.54) is 5.56 Å². The van der Waals surface area contributed by atoms with Gasteiger partial charge in [0.15, 0.2) is 6.61 Å². The lowest BCUT2D eigenvalue weighted by Gasteiger charge is -2.26. The Kier molecular flexibility index (Phi) is 6.44. The zero-order valence-electron chi connectivity index (χ0n) is 15.3. The smallest absolute Gasteiger partial charge is 0.255 e. The van der Waals surface area contributed by atoms with E-state index < -0.39 is 5.91 Å². The van der Waals surface area contributed by atoms with E-state index in [2.05, 4.69) is 17.4 Å². The molecule has 27 heavy (non-hydrogen) atoms. The minimum Gasteiger partial charge on any atom is -0.484 e. The van der Waals surface area contributed by atoms with Gasteiger partial charge in [0.05, 0.1) is 0 Å². The zero-order valence-corrected chi connectivity index (χ0v) is 15.3. The highest BCUT2D eigenvalue weighted by Gasteiger charge is 2.19. The summed E-state index contributed by atoms with van der Waals surface area (Å²) in [5.74, 6) is 0.354. The Morgan fingerprint density at radius 3 is 2.22 bits per heavy atom. The van der Waals surface area contributed by atoms with E-state index in [0.29, 0.717) is 12.2 Å². The topological polar surface area (TPSA) is 84.7 Å². The van der Waals surface area contributed by atoms with Crippen LogP contribution >= 0.6 is 0 Å². The molecule has 2 aromatic rings. The molecule has 0 spiro atoms. The van der Waals surface area contributed by atoms with Gasteiger partial charge in [-0.1, -0.05) is 24.3 Å². The van der Waals surface area contributed by atoms with Crippen molar-refractivity contribution < 1.29 is 14.3 Å². The first-order valence-electron chi connectivity index (χ1n) is 9.22. The lowest BCUT2D eigenvalue weighted by atomic mass is 10.1. The molecule has 6 nitrogen and oxygen atoms in total. The maximum Gasteiger partial charge on any atom is 0.255 e. The van der Waals surface area contributed by atoms with Crippen molar-refractivity contribution in [3.8, 4) is 5.75 Å². The van der Waals surface area contributed by atoms with Crippen molar-refractivity contribution >= 4 is 17.5 Å². The van der Waals surface area contributed by atoms with Crippen LogP contribution in [0.25, 0.3) is 0 Å². The van der Waals surface area contributed by atoms with Gasteiger partial charge >= 0.3 is 0 Å². The summed E-state index contributed by atoms with van der Waals surface area (Å²) in [7, 11) is 0. The van der Waals surface area contributed by atoms with Crippen LogP contribution in [0, 0.1) is 0 Å². The van der Waals surface area contributed by atoms with Gasteiger partial charge in [-0.3, -0.25) is 9.59 Å². The number of carbonyl (C=O) groups excluding carboxylic acids is 2. The second-order valence-electron chi connectivity index (χ2n) is 6.67. The lowest BCUT2D eigenvalue weighted by molar-refractivity contribution is -0.120. The van der Waals surface area contributed by atoms with Gasteiger partial charge in [0.25, 0.3) is 5.91 Å². The molecule has 2 amide bonds. The molecule has 142 valence electrons. The number of carbonyl (C=O) groups is 2. The van der Waals surface area contributed by atoms with Crippen LogP contribution < -0.4 is 20.7 Å². The number of nitrogens with one attached hydrogen (secondary N) is 1. The molecular formula is C21H25N3O3. The van der Waals surface area contributed by atoms with Crippen molar-refractivity contribution in [2.75, 3.05) is 18.1 Å². The van der Waals surface area contributed by atoms with Crippen molar-refractivity contribution in [1.82, 2.24) is 5.32 Å².